The van der Waals surface area contributed by atoms with Crippen molar-refractivity contribution in [1.29, 1.82) is 0 Å². The van der Waals surface area contributed by atoms with Crippen molar-refractivity contribution in [3.8, 4) is 0 Å². The van der Waals surface area contributed by atoms with Crippen LogP contribution in [0.15, 0.2) is 59.6 Å². The number of nitrogens with one attached hydrogen (secondary N) is 1. The maximum atomic E-state index is 13.4. The molecule has 1 heterocycles. The highest BCUT2D eigenvalue weighted by molar-refractivity contribution is 7.89. The van der Waals surface area contributed by atoms with Gasteiger partial charge in [-0.1, -0.05) is 12.1 Å². The van der Waals surface area contributed by atoms with Crippen molar-refractivity contribution in [3.05, 3.63) is 66.1 Å². The average molecular weight is 361 g/mol. The van der Waals surface area contributed by atoms with E-state index in [-0.39, 0.29) is 29.7 Å². The Morgan fingerprint density at radius 2 is 1.84 bits per heavy atom. The lowest BCUT2D eigenvalue weighted by atomic mass is 10.2. The van der Waals surface area contributed by atoms with E-state index in [4.69, 9.17) is 5.14 Å². The summed E-state index contributed by atoms with van der Waals surface area (Å²) in [5.74, 6) is -0.597. The molecular formula is C17H16FN3O3S. The first-order valence-corrected chi connectivity index (χ1v) is 9.00. The minimum absolute atomic E-state index is 0.0171. The second-order valence-electron chi connectivity index (χ2n) is 5.61. The number of nitrogens with two attached hydrogens (primary N) is 1. The minimum Gasteiger partial charge on any atom is -0.350 e. The first kappa shape index (κ1) is 17.1. The molecule has 0 saturated heterocycles. The summed E-state index contributed by atoms with van der Waals surface area (Å²) >= 11 is 0. The highest BCUT2D eigenvalue weighted by atomic mass is 32.2. The molecule has 0 spiro atoms. The third-order valence-corrected chi connectivity index (χ3v) is 4.72. The molecule has 8 heteroatoms. The number of carbonyl (C=O) groups is 1. The first-order valence-electron chi connectivity index (χ1n) is 7.46. The number of aromatic nitrogens is 1. The van der Waals surface area contributed by atoms with Crippen molar-refractivity contribution >= 4 is 26.8 Å². The summed E-state index contributed by atoms with van der Waals surface area (Å²) in [5, 5.41) is 8.63. The summed E-state index contributed by atoms with van der Waals surface area (Å²) in [6.07, 6.45) is 1.73. The topological polar surface area (TPSA) is 94.2 Å². The van der Waals surface area contributed by atoms with Crippen molar-refractivity contribution < 1.29 is 17.6 Å². The van der Waals surface area contributed by atoms with Gasteiger partial charge in [0.2, 0.25) is 15.9 Å². The summed E-state index contributed by atoms with van der Waals surface area (Å²) in [5.41, 5.74) is 1.39. The molecule has 0 unspecified atom stereocenters. The predicted molar refractivity (Wildman–Crippen MR) is 91.6 cm³/mol. The highest BCUT2D eigenvalue weighted by Crippen LogP contribution is 2.17. The van der Waals surface area contributed by atoms with Gasteiger partial charge in [0, 0.05) is 12.7 Å². The van der Waals surface area contributed by atoms with Gasteiger partial charge >= 0.3 is 0 Å². The standard InChI is InChI=1S/C17H16FN3O3S/c18-14-4-3-13-7-8-21(16(13)9-14)11-17(22)20-10-12-1-5-15(6-2-12)25(19,23)24/h1-9H,10-11H2,(H,20,22)(H2,19,23,24). The molecule has 0 bridgehead atoms. The van der Waals surface area contributed by atoms with E-state index in [1.54, 1.807) is 29.0 Å². The van der Waals surface area contributed by atoms with Gasteiger partial charge in [0.15, 0.2) is 0 Å². The summed E-state index contributed by atoms with van der Waals surface area (Å²) in [6.45, 7) is 0.305. The number of halogens is 1. The van der Waals surface area contributed by atoms with Crippen molar-refractivity contribution in [2.45, 2.75) is 18.0 Å². The van der Waals surface area contributed by atoms with Crippen LogP contribution in [-0.2, 0) is 27.9 Å². The molecule has 0 saturated carbocycles. The predicted octanol–water partition coefficient (Wildman–Crippen LogP) is 1.74. The Bertz CT molecular complexity index is 1030. The van der Waals surface area contributed by atoms with E-state index in [0.717, 1.165) is 10.9 Å². The first-order chi connectivity index (χ1) is 11.8. The van der Waals surface area contributed by atoms with Gasteiger partial charge in [-0.15, -0.1) is 0 Å². The summed E-state index contributed by atoms with van der Waals surface area (Å²) in [7, 11) is -3.73. The number of rotatable bonds is 5. The fourth-order valence-electron chi connectivity index (χ4n) is 2.50. The number of sulfonamides is 1. The number of fused-ring (bicyclic) bond motifs is 1. The quantitative estimate of drug-likeness (QED) is 0.725. The maximum Gasteiger partial charge on any atom is 0.240 e. The molecule has 0 aliphatic carbocycles. The lowest BCUT2D eigenvalue weighted by Gasteiger charge is -2.08. The number of hydrogen-bond donors (Lipinski definition) is 2. The smallest absolute Gasteiger partial charge is 0.240 e. The molecule has 0 atom stereocenters. The van der Waals surface area contributed by atoms with Crippen LogP contribution in [0.1, 0.15) is 5.56 Å². The summed E-state index contributed by atoms with van der Waals surface area (Å²) in [4.78, 5) is 12.1. The van der Waals surface area contributed by atoms with Crippen LogP contribution in [-0.4, -0.2) is 18.9 Å². The van der Waals surface area contributed by atoms with Gasteiger partial charge in [-0.2, -0.15) is 0 Å². The molecule has 6 nitrogen and oxygen atoms in total. The lowest BCUT2D eigenvalue weighted by molar-refractivity contribution is -0.121. The number of primary sulfonamides is 1. The number of hydrogen-bond acceptors (Lipinski definition) is 3. The zero-order valence-electron chi connectivity index (χ0n) is 13.1. The molecule has 25 heavy (non-hydrogen) atoms. The molecule has 1 amide bonds. The third kappa shape index (κ3) is 4.04. The van der Waals surface area contributed by atoms with Crippen LogP contribution in [0.3, 0.4) is 0 Å². The molecule has 0 radical (unpaired) electrons. The molecule has 2 aromatic carbocycles. The van der Waals surface area contributed by atoms with E-state index >= 15 is 0 Å². The Morgan fingerprint density at radius 1 is 1.12 bits per heavy atom. The van der Waals surface area contributed by atoms with Crippen LogP contribution in [0.5, 0.6) is 0 Å². The molecular weight excluding hydrogens is 345 g/mol. The number of nitrogens with zero attached hydrogens (tertiary/aromatic N) is 1. The van der Waals surface area contributed by atoms with Crippen LogP contribution in [0.4, 0.5) is 4.39 Å². The van der Waals surface area contributed by atoms with Gasteiger partial charge in [0.1, 0.15) is 12.4 Å². The van der Waals surface area contributed by atoms with Gasteiger partial charge in [-0.05, 0) is 47.3 Å². The van der Waals surface area contributed by atoms with Crippen molar-refractivity contribution in [3.63, 3.8) is 0 Å². The molecule has 1 aromatic heterocycles. The van der Waals surface area contributed by atoms with Crippen molar-refractivity contribution in [2.24, 2.45) is 5.14 Å². The van der Waals surface area contributed by atoms with Crippen LogP contribution in [0.25, 0.3) is 10.9 Å². The molecule has 130 valence electrons. The largest absolute Gasteiger partial charge is 0.350 e. The average Bonchev–Trinajstić information content (AvgIpc) is 2.95. The molecule has 3 aromatic rings. The zero-order chi connectivity index (χ0) is 18.0. The maximum absolute atomic E-state index is 13.4. The van der Waals surface area contributed by atoms with E-state index in [9.17, 15) is 17.6 Å². The van der Waals surface area contributed by atoms with Crippen LogP contribution in [0, 0.1) is 5.82 Å². The Morgan fingerprint density at radius 3 is 2.52 bits per heavy atom. The Hall–Kier alpha value is -2.71. The second-order valence-corrected chi connectivity index (χ2v) is 7.17. The zero-order valence-corrected chi connectivity index (χ0v) is 14.0. The highest BCUT2D eigenvalue weighted by Gasteiger charge is 2.09. The Labute approximate surface area is 144 Å². The Kier molecular flexibility index (Phi) is 4.56. The van der Waals surface area contributed by atoms with Crippen molar-refractivity contribution in [2.75, 3.05) is 0 Å². The second kappa shape index (κ2) is 6.66. The SMILES string of the molecule is NS(=O)(=O)c1ccc(CNC(=O)Cn2ccc3ccc(F)cc32)cc1. The van der Waals surface area contributed by atoms with Gasteiger partial charge < -0.3 is 9.88 Å². The lowest BCUT2D eigenvalue weighted by Crippen LogP contribution is -2.26. The van der Waals surface area contributed by atoms with E-state index in [1.807, 2.05) is 6.07 Å². The summed E-state index contributed by atoms with van der Waals surface area (Å²) in [6, 6.07) is 12.2. The van der Waals surface area contributed by atoms with Crippen LogP contribution in [0.2, 0.25) is 0 Å². The number of benzene rings is 2. The van der Waals surface area contributed by atoms with E-state index in [0.29, 0.717) is 5.52 Å². The Balaban J connectivity index is 1.63. The number of carbonyl (C=O) groups excluding carboxylic acids is 1. The van der Waals surface area contributed by atoms with E-state index < -0.39 is 10.0 Å². The fourth-order valence-corrected chi connectivity index (χ4v) is 3.02. The summed E-state index contributed by atoms with van der Waals surface area (Å²) < 4.78 is 37.4. The van der Waals surface area contributed by atoms with Gasteiger partial charge in [0.05, 0.1) is 10.4 Å². The molecule has 3 rings (SSSR count). The molecule has 0 aliphatic rings. The molecule has 0 fully saturated rings. The van der Waals surface area contributed by atoms with Crippen LogP contribution >= 0.6 is 0 Å². The van der Waals surface area contributed by atoms with E-state index in [1.165, 1.54) is 24.3 Å². The third-order valence-electron chi connectivity index (χ3n) is 3.79. The van der Waals surface area contributed by atoms with Gasteiger partial charge in [-0.3, -0.25) is 4.79 Å². The fraction of sp³-hybridized carbons (Fsp3) is 0.118. The minimum atomic E-state index is -3.73. The monoisotopic (exact) mass is 361 g/mol. The molecule has 3 N–H and O–H groups in total. The van der Waals surface area contributed by atoms with Crippen LogP contribution < -0.4 is 10.5 Å². The normalized spacial score (nSPS) is 11.6. The van der Waals surface area contributed by atoms with E-state index in [2.05, 4.69) is 5.32 Å². The molecule has 0 aliphatic heterocycles. The van der Waals surface area contributed by atoms with Gasteiger partial charge in [-0.25, -0.2) is 17.9 Å². The number of amides is 1. The van der Waals surface area contributed by atoms with Crippen molar-refractivity contribution in [1.82, 2.24) is 9.88 Å². The van der Waals surface area contributed by atoms with Gasteiger partial charge in [0.25, 0.3) is 0 Å².